The number of hydrogen-bond acceptors (Lipinski definition) is 4. The van der Waals surface area contributed by atoms with Crippen LogP contribution in [0.4, 0.5) is 5.69 Å². The summed E-state index contributed by atoms with van der Waals surface area (Å²) in [4.78, 5) is 15.9. The number of benzene rings is 1. The van der Waals surface area contributed by atoms with E-state index < -0.39 is 6.04 Å². The average Bonchev–Trinajstić information content (AvgIpc) is 2.92. The van der Waals surface area contributed by atoms with Gasteiger partial charge in [0.25, 0.3) is 0 Å². The Morgan fingerprint density at radius 2 is 2.35 bits per heavy atom. The van der Waals surface area contributed by atoms with Crippen LogP contribution in [-0.2, 0) is 4.79 Å². The summed E-state index contributed by atoms with van der Waals surface area (Å²) in [6, 6.07) is 4.69. The molecule has 0 radical (unpaired) electrons. The largest absolute Gasteiger partial charge is 0.323 e. The number of rotatable bonds is 5. The minimum atomic E-state index is -0.539. The summed E-state index contributed by atoms with van der Waals surface area (Å²) in [7, 11) is 0. The fourth-order valence-corrected chi connectivity index (χ4v) is 2.10. The molecule has 0 bridgehead atoms. The van der Waals surface area contributed by atoms with Crippen molar-refractivity contribution in [3.63, 3.8) is 0 Å². The number of carbonyl (C=O) groups excluding carboxylic acids is 1. The molecule has 0 saturated carbocycles. The summed E-state index contributed by atoms with van der Waals surface area (Å²) >= 11 is 6.17. The number of nitrogens with two attached hydrogens (primary N) is 1. The Bertz CT molecular complexity index is 584. The number of halogens is 1. The van der Waals surface area contributed by atoms with Gasteiger partial charge in [-0.3, -0.25) is 4.79 Å². The number of nitrogens with one attached hydrogen (secondary N) is 1. The molecular formula is C13H16ClN5O. The van der Waals surface area contributed by atoms with Crippen LogP contribution in [0.15, 0.2) is 30.9 Å². The zero-order valence-electron chi connectivity index (χ0n) is 11.1. The van der Waals surface area contributed by atoms with Crippen LogP contribution in [0.3, 0.4) is 0 Å². The van der Waals surface area contributed by atoms with Gasteiger partial charge in [-0.05, 0) is 18.6 Å². The summed E-state index contributed by atoms with van der Waals surface area (Å²) in [5.74, 6) is -0.240. The van der Waals surface area contributed by atoms with Gasteiger partial charge < -0.3 is 11.1 Å². The minimum absolute atomic E-state index is 0.240. The maximum Gasteiger partial charge on any atom is 0.241 e. The third-order valence-electron chi connectivity index (χ3n) is 2.83. The van der Waals surface area contributed by atoms with E-state index in [0.717, 1.165) is 6.42 Å². The molecule has 1 heterocycles. The lowest BCUT2D eigenvalue weighted by molar-refractivity contribution is -0.117. The summed E-state index contributed by atoms with van der Waals surface area (Å²) in [5.41, 5.74) is 6.93. The van der Waals surface area contributed by atoms with Crippen molar-refractivity contribution < 1.29 is 4.79 Å². The van der Waals surface area contributed by atoms with Gasteiger partial charge in [0.05, 0.1) is 16.8 Å². The molecule has 0 aliphatic carbocycles. The lowest BCUT2D eigenvalue weighted by Crippen LogP contribution is -2.35. The van der Waals surface area contributed by atoms with Crippen LogP contribution >= 0.6 is 11.6 Å². The molecule has 0 spiro atoms. The molecular weight excluding hydrogens is 278 g/mol. The molecule has 1 aromatic carbocycles. The lowest BCUT2D eigenvalue weighted by Gasteiger charge is -2.15. The van der Waals surface area contributed by atoms with Gasteiger partial charge in [-0.25, -0.2) is 9.67 Å². The zero-order chi connectivity index (χ0) is 14.5. The van der Waals surface area contributed by atoms with Crippen LogP contribution in [0.25, 0.3) is 5.69 Å². The molecule has 0 unspecified atom stereocenters. The quantitative estimate of drug-likeness (QED) is 0.882. The van der Waals surface area contributed by atoms with Crippen molar-refractivity contribution in [3.05, 3.63) is 35.9 Å². The van der Waals surface area contributed by atoms with Gasteiger partial charge >= 0.3 is 0 Å². The maximum atomic E-state index is 12.0. The van der Waals surface area contributed by atoms with Crippen molar-refractivity contribution in [3.8, 4) is 5.69 Å². The van der Waals surface area contributed by atoms with E-state index in [1.807, 2.05) is 6.92 Å². The van der Waals surface area contributed by atoms with Gasteiger partial charge in [0.15, 0.2) is 0 Å². The Hall–Kier alpha value is -1.92. The standard InChI is InChI=1S/C13H16ClN5O/c1-2-4-10(15)13(20)18-11-6-3-5-9(14)12(11)19-8-16-7-17-19/h3,5-8,10H,2,4,15H2,1H3,(H,18,20)/t10-/m1/s1. The second kappa shape index (κ2) is 6.49. The highest BCUT2D eigenvalue weighted by molar-refractivity contribution is 6.33. The first-order valence-corrected chi connectivity index (χ1v) is 6.71. The third kappa shape index (κ3) is 3.15. The van der Waals surface area contributed by atoms with Crippen molar-refractivity contribution in [2.24, 2.45) is 5.73 Å². The first-order valence-electron chi connectivity index (χ1n) is 6.33. The van der Waals surface area contributed by atoms with Gasteiger partial charge in [0.2, 0.25) is 5.91 Å². The smallest absolute Gasteiger partial charge is 0.241 e. The lowest BCUT2D eigenvalue weighted by atomic mass is 10.1. The maximum absolute atomic E-state index is 12.0. The molecule has 7 heteroatoms. The Kier molecular flexibility index (Phi) is 4.70. The second-order valence-electron chi connectivity index (χ2n) is 4.36. The van der Waals surface area contributed by atoms with Crippen LogP contribution in [-0.4, -0.2) is 26.7 Å². The number of aromatic nitrogens is 3. The van der Waals surface area contributed by atoms with Crippen LogP contribution in [0, 0.1) is 0 Å². The Morgan fingerprint density at radius 1 is 1.55 bits per heavy atom. The molecule has 2 rings (SSSR count). The predicted octanol–water partition coefficient (Wildman–Crippen LogP) is 1.99. The molecule has 0 fully saturated rings. The van der Waals surface area contributed by atoms with E-state index in [4.69, 9.17) is 17.3 Å². The van der Waals surface area contributed by atoms with Gasteiger partial charge in [-0.2, -0.15) is 5.10 Å². The highest BCUT2D eigenvalue weighted by Crippen LogP contribution is 2.27. The predicted molar refractivity (Wildman–Crippen MR) is 77.9 cm³/mol. The normalized spacial score (nSPS) is 12.2. The molecule has 1 amide bonds. The van der Waals surface area contributed by atoms with Gasteiger partial charge in [0, 0.05) is 0 Å². The molecule has 0 aliphatic heterocycles. The van der Waals surface area contributed by atoms with Crippen molar-refractivity contribution in [2.45, 2.75) is 25.8 Å². The average molecular weight is 294 g/mol. The van der Waals surface area contributed by atoms with E-state index in [1.54, 1.807) is 18.2 Å². The molecule has 1 aromatic heterocycles. The molecule has 6 nitrogen and oxygen atoms in total. The van der Waals surface area contributed by atoms with E-state index in [0.29, 0.717) is 22.8 Å². The fraction of sp³-hybridized carbons (Fsp3) is 0.308. The number of para-hydroxylation sites is 1. The van der Waals surface area contributed by atoms with E-state index in [2.05, 4.69) is 15.4 Å². The summed E-state index contributed by atoms with van der Waals surface area (Å²) in [6.45, 7) is 1.98. The van der Waals surface area contributed by atoms with Gasteiger partial charge in [-0.1, -0.05) is 31.0 Å². The van der Waals surface area contributed by atoms with Crippen LogP contribution < -0.4 is 11.1 Å². The van der Waals surface area contributed by atoms with Crippen LogP contribution in [0.2, 0.25) is 5.02 Å². The highest BCUT2D eigenvalue weighted by atomic mass is 35.5. The Balaban J connectivity index is 2.29. The molecule has 0 saturated heterocycles. The topological polar surface area (TPSA) is 85.8 Å². The van der Waals surface area contributed by atoms with Gasteiger partial charge in [-0.15, -0.1) is 0 Å². The Labute approximate surface area is 121 Å². The summed E-state index contributed by atoms with van der Waals surface area (Å²) in [6.07, 6.45) is 4.39. The Morgan fingerprint density at radius 3 is 3.00 bits per heavy atom. The molecule has 1 atom stereocenters. The molecule has 2 aromatic rings. The van der Waals surface area contributed by atoms with Crippen molar-refractivity contribution >= 4 is 23.2 Å². The van der Waals surface area contributed by atoms with Crippen molar-refractivity contribution in [1.29, 1.82) is 0 Å². The fourth-order valence-electron chi connectivity index (χ4n) is 1.84. The molecule has 0 aliphatic rings. The first kappa shape index (κ1) is 14.5. The molecule has 20 heavy (non-hydrogen) atoms. The number of amides is 1. The van der Waals surface area contributed by atoms with Crippen LogP contribution in [0.5, 0.6) is 0 Å². The molecule has 106 valence electrons. The monoisotopic (exact) mass is 293 g/mol. The van der Waals surface area contributed by atoms with Crippen molar-refractivity contribution in [2.75, 3.05) is 5.32 Å². The molecule has 3 N–H and O–H groups in total. The number of carbonyl (C=O) groups is 1. The summed E-state index contributed by atoms with van der Waals surface area (Å²) in [5, 5.41) is 7.29. The number of nitrogens with zero attached hydrogens (tertiary/aromatic N) is 3. The van der Waals surface area contributed by atoms with E-state index in [-0.39, 0.29) is 5.91 Å². The zero-order valence-corrected chi connectivity index (χ0v) is 11.8. The number of anilines is 1. The number of hydrogen-bond donors (Lipinski definition) is 2. The van der Waals surface area contributed by atoms with E-state index >= 15 is 0 Å². The van der Waals surface area contributed by atoms with Crippen LogP contribution in [0.1, 0.15) is 19.8 Å². The van der Waals surface area contributed by atoms with E-state index in [9.17, 15) is 4.79 Å². The highest BCUT2D eigenvalue weighted by Gasteiger charge is 2.16. The van der Waals surface area contributed by atoms with Gasteiger partial charge in [0.1, 0.15) is 18.3 Å². The van der Waals surface area contributed by atoms with Crippen molar-refractivity contribution in [1.82, 2.24) is 14.8 Å². The SMILES string of the molecule is CCC[C@@H](N)C(=O)Nc1cccc(Cl)c1-n1cncn1. The van der Waals surface area contributed by atoms with E-state index in [1.165, 1.54) is 17.3 Å². The summed E-state index contributed by atoms with van der Waals surface area (Å²) < 4.78 is 1.50. The first-order chi connectivity index (χ1) is 9.63. The third-order valence-corrected chi connectivity index (χ3v) is 3.13. The second-order valence-corrected chi connectivity index (χ2v) is 4.77. The minimum Gasteiger partial charge on any atom is -0.323 e.